The number of fused-ring (bicyclic) bond motifs is 1. The number of carbonyl (C=O) groups excluding carboxylic acids is 6. The molecule has 48 heavy (non-hydrogen) atoms. The molecule has 0 radical (unpaired) electrons. The number of nitrogens with one attached hydrogen (secondary N) is 3. The van der Waals surface area contributed by atoms with Crippen molar-refractivity contribution in [3.63, 3.8) is 0 Å². The Kier molecular flexibility index (Phi) is 11.3. The van der Waals surface area contributed by atoms with Crippen LogP contribution in [0, 0.1) is 39.9 Å². The summed E-state index contributed by atoms with van der Waals surface area (Å²) in [6.07, 6.45) is 6.84. The van der Waals surface area contributed by atoms with Gasteiger partial charge in [0.15, 0.2) is 0 Å². The molecular weight excluding hydrogens is 614 g/mol. The molecule has 270 valence electrons. The van der Waals surface area contributed by atoms with E-state index in [0.717, 1.165) is 32.1 Å². The van der Waals surface area contributed by atoms with Crippen molar-refractivity contribution in [3.05, 3.63) is 0 Å². The number of esters is 1. The van der Waals surface area contributed by atoms with Crippen LogP contribution in [0.25, 0.3) is 0 Å². The Morgan fingerprint density at radius 3 is 2.06 bits per heavy atom. The van der Waals surface area contributed by atoms with Gasteiger partial charge < -0.3 is 31.3 Å². The maximum atomic E-state index is 14.3. The summed E-state index contributed by atoms with van der Waals surface area (Å²) in [6.45, 7) is 16.6. The zero-order chi connectivity index (χ0) is 35.8. The van der Waals surface area contributed by atoms with Crippen molar-refractivity contribution >= 4 is 35.5 Å². The normalized spacial score (nSPS) is 25.1. The van der Waals surface area contributed by atoms with Gasteiger partial charge in [0.25, 0.3) is 5.91 Å². The van der Waals surface area contributed by atoms with Crippen molar-refractivity contribution in [2.45, 2.75) is 137 Å². The predicted octanol–water partition coefficient (Wildman–Crippen LogP) is 3.45. The van der Waals surface area contributed by atoms with Crippen LogP contribution in [0.4, 0.5) is 4.79 Å². The van der Waals surface area contributed by atoms with Gasteiger partial charge in [0.1, 0.15) is 12.1 Å². The summed E-state index contributed by atoms with van der Waals surface area (Å²) in [5.74, 6) is -2.28. The van der Waals surface area contributed by atoms with E-state index in [1.807, 2.05) is 41.5 Å². The Hall–Kier alpha value is -3.18. The summed E-state index contributed by atoms with van der Waals surface area (Å²) >= 11 is 0. The maximum absolute atomic E-state index is 14.3. The second-order valence-corrected chi connectivity index (χ2v) is 17.6. The molecule has 12 nitrogen and oxygen atoms in total. The lowest BCUT2D eigenvalue weighted by Crippen LogP contribution is -2.62. The molecule has 0 bridgehead atoms. The van der Waals surface area contributed by atoms with E-state index in [1.54, 1.807) is 4.90 Å². The van der Waals surface area contributed by atoms with E-state index in [2.05, 4.69) is 29.8 Å². The van der Waals surface area contributed by atoms with Crippen LogP contribution in [0.5, 0.6) is 0 Å². The molecular formula is C36H59N5O7. The highest BCUT2D eigenvalue weighted by Gasteiger charge is 2.70. The number of amides is 5. The van der Waals surface area contributed by atoms with Gasteiger partial charge in [-0.05, 0) is 72.0 Å². The van der Waals surface area contributed by atoms with Crippen molar-refractivity contribution in [1.82, 2.24) is 20.9 Å². The Bertz CT molecular complexity index is 1260. The van der Waals surface area contributed by atoms with Crippen molar-refractivity contribution in [2.24, 2.45) is 45.7 Å². The van der Waals surface area contributed by atoms with Crippen molar-refractivity contribution in [1.29, 1.82) is 0 Å². The molecule has 3 saturated carbocycles. The van der Waals surface area contributed by atoms with E-state index in [9.17, 15) is 28.8 Å². The Labute approximate surface area is 285 Å². The molecule has 1 heterocycles. The van der Waals surface area contributed by atoms with E-state index in [1.165, 1.54) is 0 Å². The Morgan fingerprint density at radius 2 is 1.54 bits per heavy atom. The number of primary amides is 1. The fourth-order valence-electron chi connectivity index (χ4n) is 7.42. The highest BCUT2D eigenvalue weighted by molar-refractivity contribution is 6.37. The number of Topliss-reactive ketones (excluding diaryl/α,β-unsaturated/α-hetero) is 1. The Balaban J connectivity index is 1.44. The minimum Gasteiger partial charge on any atom is -0.465 e. The summed E-state index contributed by atoms with van der Waals surface area (Å²) in [7, 11) is 0. The van der Waals surface area contributed by atoms with Gasteiger partial charge in [0, 0.05) is 19.0 Å². The number of ketones is 1. The topological polar surface area (TPSA) is 177 Å². The van der Waals surface area contributed by atoms with Gasteiger partial charge >= 0.3 is 12.0 Å². The molecule has 1 aliphatic heterocycles. The number of ether oxygens (including phenoxy) is 1. The first-order chi connectivity index (χ1) is 22.2. The highest BCUT2D eigenvalue weighted by atomic mass is 16.5. The molecule has 0 aromatic rings. The second-order valence-electron chi connectivity index (χ2n) is 17.6. The van der Waals surface area contributed by atoms with E-state index >= 15 is 0 Å². The molecule has 3 unspecified atom stereocenters. The van der Waals surface area contributed by atoms with Crippen molar-refractivity contribution in [2.75, 3.05) is 13.2 Å². The van der Waals surface area contributed by atoms with Crippen LogP contribution in [0.15, 0.2) is 0 Å². The number of urea groups is 1. The van der Waals surface area contributed by atoms with E-state index < -0.39 is 47.2 Å². The van der Waals surface area contributed by atoms with Gasteiger partial charge in [-0.2, -0.15) is 0 Å². The minimum absolute atomic E-state index is 0.0878. The summed E-state index contributed by atoms with van der Waals surface area (Å²) in [4.78, 5) is 80.1. The standard InChI is InChI=1S/C36H59N5O7/c1-34(2,3)24(13-10-14-25(42)48-19-21-15-16-21)39-33(47)40-29(35(4,5)6)32(46)41-18-22-26(36(22,7)8)27(41)31(45)38-23(28(43)30(37)44)17-20-11-9-12-20/h20-24,26-27,29H,9-19H2,1-8H3,(H2,37,44)(H,38,45)(H2,39,40,47)/t22-,23?,24+,26-,27?,29?/m0/s1. The zero-order valence-corrected chi connectivity index (χ0v) is 30.3. The minimum atomic E-state index is -1.09. The van der Waals surface area contributed by atoms with Gasteiger partial charge in [-0.3, -0.25) is 24.0 Å². The SMILES string of the molecule is CC(C)(C)C(NC(=O)N[C@H](CCCC(=O)OCC1CC1)C(C)(C)C)C(=O)N1C[C@H]2[C@@H](C1C(=O)NC(CC1CCC1)C(=O)C(N)=O)C2(C)C. The Morgan fingerprint density at radius 1 is 0.896 bits per heavy atom. The van der Waals surface area contributed by atoms with Gasteiger partial charge in [-0.15, -0.1) is 0 Å². The van der Waals surface area contributed by atoms with Crippen LogP contribution in [0.1, 0.15) is 113 Å². The van der Waals surface area contributed by atoms with Gasteiger partial charge in [0.05, 0.1) is 12.6 Å². The zero-order valence-electron chi connectivity index (χ0n) is 30.3. The van der Waals surface area contributed by atoms with E-state index in [-0.39, 0.29) is 52.9 Å². The fraction of sp³-hybridized carbons (Fsp3) is 0.833. The maximum Gasteiger partial charge on any atom is 0.315 e. The van der Waals surface area contributed by atoms with Crippen LogP contribution >= 0.6 is 0 Å². The number of hydrogen-bond acceptors (Lipinski definition) is 7. The monoisotopic (exact) mass is 673 g/mol. The molecule has 6 atom stereocenters. The largest absolute Gasteiger partial charge is 0.465 e. The molecule has 3 aliphatic carbocycles. The average molecular weight is 674 g/mol. The first-order valence-corrected chi connectivity index (χ1v) is 17.9. The number of carbonyl (C=O) groups is 6. The summed E-state index contributed by atoms with van der Waals surface area (Å²) in [5.41, 5.74) is 4.15. The second kappa shape index (κ2) is 14.4. The van der Waals surface area contributed by atoms with Crippen molar-refractivity contribution in [3.8, 4) is 0 Å². The molecule has 4 aliphatic rings. The number of nitrogens with two attached hydrogens (primary N) is 1. The highest BCUT2D eigenvalue weighted by Crippen LogP contribution is 2.65. The third-order valence-electron chi connectivity index (χ3n) is 11.2. The van der Waals surface area contributed by atoms with Gasteiger partial charge in [-0.1, -0.05) is 74.7 Å². The van der Waals surface area contributed by atoms with Crippen molar-refractivity contribution < 1.29 is 33.5 Å². The average Bonchev–Trinajstić information content (AvgIpc) is 3.81. The number of rotatable bonds is 15. The lowest BCUT2D eigenvalue weighted by molar-refractivity contribution is -0.145. The first kappa shape index (κ1) is 37.6. The lowest BCUT2D eigenvalue weighted by atomic mass is 9.80. The number of likely N-dealkylation sites (tertiary alicyclic amines) is 1. The first-order valence-electron chi connectivity index (χ1n) is 17.9. The summed E-state index contributed by atoms with van der Waals surface area (Å²) < 4.78 is 5.35. The smallest absolute Gasteiger partial charge is 0.315 e. The molecule has 5 amide bonds. The van der Waals surface area contributed by atoms with Gasteiger partial charge in [-0.25, -0.2) is 4.79 Å². The van der Waals surface area contributed by atoms with Crippen LogP contribution in [-0.4, -0.2) is 77.7 Å². The van der Waals surface area contributed by atoms with Crippen LogP contribution in [0.2, 0.25) is 0 Å². The number of piperidine rings is 1. The summed E-state index contributed by atoms with van der Waals surface area (Å²) in [6, 6.07) is -3.62. The molecule has 12 heteroatoms. The molecule has 1 saturated heterocycles. The third kappa shape index (κ3) is 9.08. The fourth-order valence-corrected chi connectivity index (χ4v) is 7.42. The molecule has 0 aromatic heterocycles. The summed E-state index contributed by atoms with van der Waals surface area (Å²) in [5, 5.41) is 8.78. The van der Waals surface area contributed by atoms with Crippen LogP contribution < -0.4 is 21.7 Å². The number of nitrogens with zero attached hydrogens (tertiary/aromatic N) is 1. The molecule has 4 fully saturated rings. The van der Waals surface area contributed by atoms with Crippen LogP contribution in [0.3, 0.4) is 0 Å². The predicted molar refractivity (Wildman–Crippen MR) is 180 cm³/mol. The molecule has 5 N–H and O–H groups in total. The van der Waals surface area contributed by atoms with Crippen LogP contribution in [-0.2, 0) is 28.7 Å². The molecule has 4 rings (SSSR count). The van der Waals surface area contributed by atoms with E-state index in [0.29, 0.717) is 38.3 Å². The quantitative estimate of drug-likeness (QED) is 0.152. The third-order valence-corrected chi connectivity index (χ3v) is 11.2. The molecule has 0 spiro atoms. The van der Waals surface area contributed by atoms with E-state index in [4.69, 9.17) is 10.5 Å². The van der Waals surface area contributed by atoms with Gasteiger partial charge in [0.2, 0.25) is 17.6 Å². The number of hydrogen-bond donors (Lipinski definition) is 4. The lowest BCUT2D eigenvalue weighted by Gasteiger charge is -2.39. The molecule has 0 aromatic carbocycles.